The SMILES string of the molecule is CCS(=O)(=O)N(C)c1ccc(C(=O)Nc2c(C)cccc2C)cc1. The van der Waals surface area contributed by atoms with E-state index in [2.05, 4.69) is 5.32 Å². The first-order valence-electron chi connectivity index (χ1n) is 7.70. The summed E-state index contributed by atoms with van der Waals surface area (Å²) in [4.78, 5) is 12.4. The monoisotopic (exact) mass is 346 g/mol. The van der Waals surface area contributed by atoms with E-state index in [1.165, 1.54) is 11.4 Å². The van der Waals surface area contributed by atoms with Gasteiger partial charge in [0, 0.05) is 18.3 Å². The number of nitrogens with one attached hydrogen (secondary N) is 1. The van der Waals surface area contributed by atoms with E-state index in [1.54, 1.807) is 31.2 Å². The zero-order valence-corrected chi connectivity index (χ0v) is 15.1. The molecule has 5 nitrogen and oxygen atoms in total. The van der Waals surface area contributed by atoms with Crippen molar-refractivity contribution in [3.8, 4) is 0 Å². The Bertz CT molecular complexity index is 823. The molecule has 0 spiro atoms. The van der Waals surface area contributed by atoms with Gasteiger partial charge in [0.2, 0.25) is 10.0 Å². The molecule has 1 N–H and O–H groups in total. The summed E-state index contributed by atoms with van der Waals surface area (Å²) in [6.45, 7) is 5.48. The molecule has 0 heterocycles. The minimum Gasteiger partial charge on any atom is -0.322 e. The molecule has 0 unspecified atom stereocenters. The van der Waals surface area contributed by atoms with Crippen LogP contribution >= 0.6 is 0 Å². The molecule has 0 aromatic heterocycles. The molecular formula is C18H22N2O3S. The highest BCUT2D eigenvalue weighted by Gasteiger charge is 2.16. The zero-order valence-electron chi connectivity index (χ0n) is 14.3. The van der Waals surface area contributed by atoms with E-state index >= 15 is 0 Å². The van der Waals surface area contributed by atoms with Crippen LogP contribution in [0, 0.1) is 13.8 Å². The Hall–Kier alpha value is -2.34. The lowest BCUT2D eigenvalue weighted by atomic mass is 10.1. The fraction of sp³-hybridized carbons (Fsp3) is 0.278. The highest BCUT2D eigenvalue weighted by Crippen LogP contribution is 2.22. The predicted octanol–water partition coefficient (Wildman–Crippen LogP) is 3.34. The lowest BCUT2D eigenvalue weighted by Gasteiger charge is -2.18. The highest BCUT2D eigenvalue weighted by atomic mass is 32.2. The number of anilines is 2. The summed E-state index contributed by atoms with van der Waals surface area (Å²) in [5.74, 6) is -0.196. The molecule has 24 heavy (non-hydrogen) atoms. The second kappa shape index (κ2) is 7.05. The van der Waals surface area contributed by atoms with E-state index in [4.69, 9.17) is 0 Å². The van der Waals surface area contributed by atoms with Crippen LogP contribution in [0.15, 0.2) is 42.5 Å². The van der Waals surface area contributed by atoms with Crippen LogP contribution < -0.4 is 9.62 Å². The van der Waals surface area contributed by atoms with Crippen LogP contribution in [0.1, 0.15) is 28.4 Å². The molecule has 128 valence electrons. The van der Waals surface area contributed by atoms with Gasteiger partial charge in [-0.1, -0.05) is 18.2 Å². The van der Waals surface area contributed by atoms with Gasteiger partial charge in [-0.05, 0) is 56.2 Å². The number of nitrogens with zero attached hydrogens (tertiary/aromatic N) is 1. The molecule has 1 amide bonds. The fourth-order valence-electron chi connectivity index (χ4n) is 2.37. The fourth-order valence-corrected chi connectivity index (χ4v) is 3.20. The summed E-state index contributed by atoms with van der Waals surface area (Å²) in [5, 5.41) is 2.91. The van der Waals surface area contributed by atoms with Crippen molar-refractivity contribution < 1.29 is 13.2 Å². The van der Waals surface area contributed by atoms with Gasteiger partial charge in [-0.15, -0.1) is 0 Å². The van der Waals surface area contributed by atoms with Crippen molar-refractivity contribution in [3.05, 3.63) is 59.2 Å². The number of carbonyl (C=O) groups excluding carboxylic acids is 1. The highest BCUT2D eigenvalue weighted by molar-refractivity contribution is 7.92. The average Bonchev–Trinajstić information content (AvgIpc) is 2.57. The third-order valence-electron chi connectivity index (χ3n) is 3.99. The van der Waals surface area contributed by atoms with Gasteiger partial charge in [0.25, 0.3) is 5.91 Å². The Morgan fingerprint density at radius 3 is 2.08 bits per heavy atom. The Morgan fingerprint density at radius 1 is 1.04 bits per heavy atom. The van der Waals surface area contributed by atoms with Crippen molar-refractivity contribution in [1.82, 2.24) is 0 Å². The summed E-state index contributed by atoms with van der Waals surface area (Å²) in [6, 6.07) is 12.3. The molecule has 0 aliphatic heterocycles. The minimum absolute atomic E-state index is 0.0261. The molecule has 0 aliphatic carbocycles. The summed E-state index contributed by atoms with van der Waals surface area (Å²) in [5.41, 5.74) is 3.80. The largest absolute Gasteiger partial charge is 0.322 e. The van der Waals surface area contributed by atoms with Crippen LogP contribution in [-0.4, -0.2) is 27.1 Å². The number of benzene rings is 2. The number of hydrogen-bond donors (Lipinski definition) is 1. The minimum atomic E-state index is -3.31. The smallest absolute Gasteiger partial charge is 0.255 e. The van der Waals surface area contributed by atoms with E-state index in [-0.39, 0.29) is 11.7 Å². The molecule has 2 aromatic carbocycles. The second-order valence-electron chi connectivity index (χ2n) is 5.64. The van der Waals surface area contributed by atoms with E-state index in [1.807, 2.05) is 32.0 Å². The number of sulfonamides is 1. The summed E-state index contributed by atoms with van der Waals surface area (Å²) in [6.07, 6.45) is 0. The van der Waals surface area contributed by atoms with Crippen LogP contribution in [0.25, 0.3) is 0 Å². The Morgan fingerprint density at radius 2 is 1.58 bits per heavy atom. The first-order valence-corrected chi connectivity index (χ1v) is 9.31. The van der Waals surface area contributed by atoms with E-state index in [0.29, 0.717) is 11.3 Å². The van der Waals surface area contributed by atoms with Crippen molar-refractivity contribution in [2.45, 2.75) is 20.8 Å². The number of amides is 1. The van der Waals surface area contributed by atoms with Gasteiger partial charge in [0.05, 0.1) is 11.4 Å². The van der Waals surface area contributed by atoms with E-state index in [9.17, 15) is 13.2 Å². The van der Waals surface area contributed by atoms with Crippen molar-refractivity contribution in [2.24, 2.45) is 0 Å². The Labute approximate surface area is 143 Å². The van der Waals surface area contributed by atoms with Gasteiger partial charge in [-0.3, -0.25) is 9.10 Å². The average molecular weight is 346 g/mol. The predicted molar refractivity (Wildman–Crippen MR) is 98.2 cm³/mol. The lowest BCUT2D eigenvalue weighted by molar-refractivity contribution is 0.102. The van der Waals surface area contributed by atoms with Crippen LogP contribution in [0.2, 0.25) is 0 Å². The maximum absolute atomic E-state index is 12.4. The standard InChI is InChI=1S/C18H22N2O3S/c1-5-24(22,23)20(4)16-11-9-15(10-12-16)18(21)19-17-13(2)7-6-8-14(17)3/h6-12H,5H2,1-4H3,(H,19,21). The van der Waals surface area contributed by atoms with Crippen molar-refractivity contribution in [3.63, 3.8) is 0 Å². The summed E-state index contributed by atoms with van der Waals surface area (Å²) < 4.78 is 25.0. The number of aryl methyl sites for hydroxylation is 2. The van der Waals surface area contributed by atoms with Gasteiger partial charge >= 0.3 is 0 Å². The molecule has 0 bridgehead atoms. The number of carbonyl (C=O) groups is 1. The molecule has 2 rings (SSSR count). The molecule has 6 heteroatoms. The van der Waals surface area contributed by atoms with Crippen molar-refractivity contribution in [1.29, 1.82) is 0 Å². The van der Waals surface area contributed by atoms with Gasteiger partial charge in [0.1, 0.15) is 0 Å². The second-order valence-corrected chi connectivity index (χ2v) is 7.92. The first kappa shape index (κ1) is 18.0. The van der Waals surface area contributed by atoms with Crippen LogP contribution in [0.5, 0.6) is 0 Å². The third kappa shape index (κ3) is 3.76. The van der Waals surface area contributed by atoms with Crippen molar-refractivity contribution in [2.75, 3.05) is 22.4 Å². The van der Waals surface area contributed by atoms with Crippen molar-refractivity contribution >= 4 is 27.3 Å². The molecule has 2 aromatic rings. The Kier molecular flexibility index (Phi) is 5.29. The number of rotatable bonds is 5. The molecule has 0 atom stereocenters. The third-order valence-corrected chi connectivity index (χ3v) is 5.77. The molecule has 0 aliphatic rings. The molecule has 0 radical (unpaired) electrons. The van der Waals surface area contributed by atoms with E-state index < -0.39 is 10.0 Å². The Balaban J connectivity index is 2.21. The van der Waals surface area contributed by atoms with Crippen LogP contribution in [-0.2, 0) is 10.0 Å². The molecule has 0 saturated heterocycles. The van der Waals surface area contributed by atoms with Gasteiger partial charge in [-0.25, -0.2) is 8.42 Å². The van der Waals surface area contributed by atoms with Crippen LogP contribution in [0.4, 0.5) is 11.4 Å². The van der Waals surface area contributed by atoms with Gasteiger partial charge in [0.15, 0.2) is 0 Å². The normalized spacial score (nSPS) is 11.2. The molecule has 0 fully saturated rings. The lowest BCUT2D eigenvalue weighted by Crippen LogP contribution is -2.28. The van der Waals surface area contributed by atoms with Gasteiger partial charge in [-0.2, -0.15) is 0 Å². The molecular weight excluding hydrogens is 324 g/mol. The number of hydrogen-bond acceptors (Lipinski definition) is 3. The summed E-state index contributed by atoms with van der Waals surface area (Å²) in [7, 11) is -1.81. The number of para-hydroxylation sites is 1. The molecule has 0 saturated carbocycles. The summed E-state index contributed by atoms with van der Waals surface area (Å²) >= 11 is 0. The first-order chi connectivity index (χ1) is 11.3. The van der Waals surface area contributed by atoms with E-state index in [0.717, 1.165) is 16.8 Å². The zero-order chi connectivity index (χ0) is 17.9. The maximum atomic E-state index is 12.4. The van der Waals surface area contributed by atoms with Crippen LogP contribution in [0.3, 0.4) is 0 Å². The maximum Gasteiger partial charge on any atom is 0.255 e. The van der Waals surface area contributed by atoms with Gasteiger partial charge < -0.3 is 5.32 Å². The topological polar surface area (TPSA) is 66.5 Å². The quantitative estimate of drug-likeness (QED) is 0.903.